The van der Waals surface area contributed by atoms with Crippen molar-refractivity contribution in [3.8, 4) is 0 Å². The number of anilines is 1. The molecule has 3 aromatic rings. The molecule has 0 amide bonds. The zero-order chi connectivity index (χ0) is 21.1. The molecule has 0 aliphatic rings. The van der Waals surface area contributed by atoms with Gasteiger partial charge in [0, 0.05) is 21.0 Å². The maximum absolute atomic E-state index is 12.9. The molecular formula is C20H25N5O4. The van der Waals surface area contributed by atoms with Crippen LogP contribution < -0.4 is 16.6 Å². The van der Waals surface area contributed by atoms with E-state index in [0.717, 1.165) is 10.1 Å². The van der Waals surface area contributed by atoms with Gasteiger partial charge in [-0.15, -0.1) is 0 Å². The van der Waals surface area contributed by atoms with Crippen LogP contribution in [0.4, 0.5) is 5.95 Å². The number of carbonyl (C=O) groups excluding carboxylic acids is 1. The zero-order valence-electron chi connectivity index (χ0n) is 17.0. The molecule has 29 heavy (non-hydrogen) atoms. The first-order valence-corrected chi connectivity index (χ1v) is 9.43. The summed E-state index contributed by atoms with van der Waals surface area (Å²) in [7, 11) is 3.04. The van der Waals surface area contributed by atoms with Gasteiger partial charge >= 0.3 is 11.7 Å². The third-order valence-electron chi connectivity index (χ3n) is 4.85. The molecule has 0 aliphatic carbocycles. The molecule has 9 nitrogen and oxygen atoms in total. The van der Waals surface area contributed by atoms with E-state index in [1.807, 2.05) is 37.3 Å². The Labute approximate surface area is 167 Å². The van der Waals surface area contributed by atoms with Crippen LogP contribution in [0.3, 0.4) is 0 Å². The Hall–Kier alpha value is -3.36. The molecule has 1 atom stereocenters. The van der Waals surface area contributed by atoms with Crippen LogP contribution in [0.2, 0.25) is 0 Å². The normalized spacial score (nSPS) is 12.1. The van der Waals surface area contributed by atoms with Gasteiger partial charge < -0.3 is 10.1 Å². The lowest BCUT2D eigenvalue weighted by atomic mass is 10.2. The molecule has 0 aliphatic heterocycles. The van der Waals surface area contributed by atoms with Crippen molar-refractivity contribution in [2.45, 2.75) is 32.9 Å². The van der Waals surface area contributed by atoms with Crippen molar-refractivity contribution in [2.24, 2.45) is 14.1 Å². The van der Waals surface area contributed by atoms with Crippen molar-refractivity contribution in [2.75, 3.05) is 11.9 Å². The summed E-state index contributed by atoms with van der Waals surface area (Å²) in [6.07, 6.45) is 0.679. The number of nitrogens with zero attached hydrogens (tertiary/aromatic N) is 4. The van der Waals surface area contributed by atoms with Crippen molar-refractivity contribution in [1.82, 2.24) is 18.7 Å². The van der Waals surface area contributed by atoms with Gasteiger partial charge in [0.1, 0.15) is 6.61 Å². The monoisotopic (exact) mass is 399 g/mol. The van der Waals surface area contributed by atoms with E-state index >= 15 is 0 Å². The molecule has 9 heteroatoms. The fraction of sp³-hybridized carbons (Fsp3) is 0.400. The first kappa shape index (κ1) is 20.4. The molecule has 0 radical (unpaired) electrons. The predicted octanol–water partition coefficient (Wildman–Crippen LogP) is 1.24. The van der Waals surface area contributed by atoms with E-state index in [1.165, 1.54) is 18.5 Å². The minimum Gasteiger partial charge on any atom is -0.464 e. The average molecular weight is 399 g/mol. The Morgan fingerprint density at radius 2 is 1.86 bits per heavy atom. The summed E-state index contributed by atoms with van der Waals surface area (Å²) in [6.45, 7) is 3.89. The highest BCUT2D eigenvalue weighted by atomic mass is 16.5. The quantitative estimate of drug-likeness (QED) is 0.600. The second-order valence-corrected chi connectivity index (χ2v) is 6.94. The highest BCUT2D eigenvalue weighted by Crippen LogP contribution is 2.19. The molecule has 3 rings (SSSR count). The van der Waals surface area contributed by atoms with Gasteiger partial charge in [0.25, 0.3) is 5.56 Å². The van der Waals surface area contributed by atoms with Crippen LogP contribution in [-0.4, -0.2) is 37.3 Å². The largest absolute Gasteiger partial charge is 0.464 e. The number of aromatic nitrogens is 4. The molecule has 0 bridgehead atoms. The van der Waals surface area contributed by atoms with Crippen molar-refractivity contribution in [3.63, 3.8) is 0 Å². The van der Waals surface area contributed by atoms with Crippen LogP contribution in [0.25, 0.3) is 11.2 Å². The molecule has 154 valence electrons. The fourth-order valence-corrected chi connectivity index (χ4v) is 3.14. The fourth-order valence-electron chi connectivity index (χ4n) is 3.14. The molecular weight excluding hydrogens is 374 g/mol. The number of ether oxygens (including phenoxy) is 1. The molecule has 1 N–H and O–H groups in total. The summed E-state index contributed by atoms with van der Waals surface area (Å²) in [5, 5.41) is 3.27. The van der Waals surface area contributed by atoms with Crippen LogP contribution in [-0.2, 0) is 30.2 Å². The van der Waals surface area contributed by atoms with Gasteiger partial charge in [-0.1, -0.05) is 37.3 Å². The third-order valence-corrected chi connectivity index (χ3v) is 4.85. The molecule has 1 aromatic carbocycles. The number of nitrogens with one attached hydrogen (secondary N) is 1. The Morgan fingerprint density at radius 3 is 2.48 bits per heavy atom. The first-order valence-electron chi connectivity index (χ1n) is 9.43. The van der Waals surface area contributed by atoms with Gasteiger partial charge in [0.05, 0.1) is 12.6 Å². The average Bonchev–Trinajstić information content (AvgIpc) is 3.06. The van der Waals surface area contributed by atoms with E-state index < -0.39 is 11.2 Å². The number of hydrogen-bond acceptors (Lipinski definition) is 6. The number of aryl methyl sites for hydroxylation is 1. The summed E-state index contributed by atoms with van der Waals surface area (Å²) in [6, 6.07) is 9.49. The minimum absolute atomic E-state index is 0.178. The molecule has 2 heterocycles. The van der Waals surface area contributed by atoms with Crippen molar-refractivity contribution >= 4 is 23.1 Å². The van der Waals surface area contributed by atoms with Gasteiger partial charge in [0.2, 0.25) is 5.95 Å². The highest BCUT2D eigenvalue weighted by molar-refractivity contribution is 5.74. The van der Waals surface area contributed by atoms with Gasteiger partial charge in [0.15, 0.2) is 11.2 Å². The van der Waals surface area contributed by atoms with Gasteiger partial charge in [-0.2, -0.15) is 4.98 Å². The van der Waals surface area contributed by atoms with Gasteiger partial charge in [-0.05, 0) is 12.0 Å². The number of rotatable bonds is 7. The number of esters is 1. The van der Waals surface area contributed by atoms with E-state index in [9.17, 15) is 14.4 Å². The topological polar surface area (TPSA) is 100 Å². The molecule has 0 saturated heterocycles. The Kier molecular flexibility index (Phi) is 5.86. The number of hydrogen-bond donors (Lipinski definition) is 1. The van der Waals surface area contributed by atoms with E-state index in [-0.39, 0.29) is 18.6 Å². The Bertz CT molecular complexity index is 1140. The lowest BCUT2D eigenvalue weighted by Crippen LogP contribution is -2.37. The smallest absolute Gasteiger partial charge is 0.332 e. The summed E-state index contributed by atoms with van der Waals surface area (Å²) in [5.41, 5.74) is 0.777. The third kappa shape index (κ3) is 4.08. The van der Waals surface area contributed by atoms with Gasteiger partial charge in [-0.25, -0.2) is 4.79 Å². The second kappa shape index (κ2) is 8.34. The van der Waals surface area contributed by atoms with E-state index in [1.54, 1.807) is 11.6 Å². The van der Waals surface area contributed by atoms with Crippen molar-refractivity contribution in [1.29, 1.82) is 0 Å². The first-order chi connectivity index (χ1) is 13.8. The summed E-state index contributed by atoms with van der Waals surface area (Å²) >= 11 is 0. The van der Waals surface area contributed by atoms with Crippen molar-refractivity contribution < 1.29 is 9.53 Å². The number of benzene rings is 1. The van der Waals surface area contributed by atoms with Crippen molar-refractivity contribution in [3.05, 3.63) is 56.7 Å². The maximum Gasteiger partial charge on any atom is 0.332 e. The molecule has 0 saturated carbocycles. The van der Waals surface area contributed by atoms with Crippen LogP contribution >= 0.6 is 0 Å². The van der Waals surface area contributed by atoms with Crippen LogP contribution in [0.1, 0.15) is 25.8 Å². The highest BCUT2D eigenvalue weighted by Gasteiger charge is 2.21. The SMILES string of the molecule is CCC(COC(C)=O)Nc1nc2c(c(=O)n(C)c(=O)n2C)n1Cc1ccccc1. The number of fused-ring (bicyclic) bond motifs is 1. The molecule has 2 aromatic heterocycles. The Morgan fingerprint density at radius 1 is 1.17 bits per heavy atom. The van der Waals surface area contributed by atoms with Crippen LogP contribution in [0.5, 0.6) is 0 Å². The van der Waals surface area contributed by atoms with E-state index in [2.05, 4.69) is 10.3 Å². The van der Waals surface area contributed by atoms with Gasteiger partial charge in [-0.3, -0.25) is 23.3 Å². The zero-order valence-corrected chi connectivity index (χ0v) is 17.0. The molecule has 0 fully saturated rings. The lowest BCUT2D eigenvalue weighted by Gasteiger charge is -2.18. The maximum atomic E-state index is 12.9. The number of imidazole rings is 1. The molecule has 1 unspecified atom stereocenters. The predicted molar refractivity (Wildman–Crippen MR) is 110 cm³/mol. The van der Waals surface area contributed by atoms with Crippen LogP contribution in [0, 0.1) is 0 Å². The van der Waals surface area contributed by atoms with Crippen LogP contribution in [0.15, 0.2) is 39.9 Å². The Balaban J connectivity index is 2.14. The van der Waals surface area contributed by atoms with E-state index in [0.29, 0.717) is 30.1 Å². The minimum atomic E-state index is -0.439. The summed E-state index contributed by atoms with van der Waals surface area (Å²) in [4.78, 5) is 40.9. The molecule has 0 spiro atoms. The van der Waals surface area contributed by atoms with E-state index in [4.69, 9.17) is 4.74 Å². The lowest BCUT2D eigenvalue weighted by molar-refractivity contribution is -0.141. The number of carbonyl (C=O) groups is 1. The standard InChI is InChI=1S/C20H25N5O4/c1-5-15(12-29-13(2)26)21-19-22-17-16(18(27)24(4)20(28)23(17)3)25(19)11-14-9-7-6-8-10-14/h6-10,15H,5,11-12H2,1-4H3,(H,21,22). The summed E-state index contributed by atoms with van der Waals surface area (Å²) < 4.78 is 9.32. The summed E-state index contributed by atoms with van der Waals surface area (Å²) in [5.74, 6) is 0.0838. The second-order valence-electron chi connectivity index (χ2n) is 6.94.